The fourth-order valence-corrected chi connectivity index (χ4v) is 5.59. The lowest BCUT2D eigenvalue weighted by Crippen LogP contribution is -2.30. The highest BCUT2D eigenvalue weighted by molar-refractivity contribution is 9.10. The van der Waals surface area contributed by atoms with Gasteiger partial charge in [-0.1, -0.05) is 92.3 Å². The van der Waals surface area contributed by atoms with Crippen LogP contribution in [0.4, 0.5) is 5.69 Å². The van der Waals surface area contributed by atoms with Crippen molar-refractivity contribution in [3.63, 3.8) is 0 Å². The van der Waals surface area contributed by atoms with Crippen LogP contribution in [0.3, 0.4) is 0 Å². The average molecular weight is 510 g/mol. The number of fused-ring (bicyclic) bond motifs is 1. The van der Waals surface area contributed by atoms with Gasteiger partial charge in [0.05, 0.1) is 16.2 Å². The Labute approximate surface area is 197 Å². The molecule has 2 aliphatic heterocycles. The largest absolute Gasteiger partial charge is 0.308 e. The van der Waals surface area contributed by atoms with Crippen molar-refractivity contribution in [2.24, 2.45) is 0 Å². The fraction of sp³-hybridized carbons (Fsp3) is 0.522. The molecule has 0 aromatic heterocycles. The zero-order chi connectivity index (χ0) is 21.7. The number of thiocarbonyl (C=S) groups is 1. The first-order chi connectivity index (χ1) is 14.5. The highest BCUT2D eigenvalue weighted by atomic mass is 79.9. The third-order valence-corrected chi connectivity index (χ3v) is 7.47. The second kappa shape index (κ2) is 10.9. The highest BCUT2D eigenvalue weighted by Gasteiger charge is 2.41. The van der Waals surface area contributed by atoms with Gasteiger partial charge in [-0.05, 0) is 31.0 Å². The Balaban J connectivity index is 1.82. The summed E-state index contributed by atoms with van der Waals surface area (Å²) in [6.45, 7) is 5.60. The number of hydrogen-bond donors (Lipinski definition) is 0. The van der Waals surface area contributed by atoms with Crippen LogP contribution >= 0.6 is 39.9 Å². The predicted octanol–water partition coefficient (Wildman–Crippen LogP) is 6.53. The molecule has 0 atom stereocenters. The van der Waals surface area contributed by atoms with Crippen LogP contribution in [-0.4, -0.2) is 34.1 Å². The van der Waals surface area contributed by atoms with Gasteiger partial charge in [0, 0.05) is 23.1 Å². The van der Waals surface area contributed by atoms with E-state index in [4.69, 9.17) is 12.2 Å². The second-order valence-corrected chi connectivity index (χ2v) is 10.3. The first-order valence-corrected chi connectivity index (χ1v) is 12.9. The molecule has 2 aliphatic rings. The van der Waals surface area contributed by atoms with E-state index in [9.17, 15) is 9.59 Å². The molecule has 0 aliphatic carbocycles. The maximum Gasteiger partial charge on any atom is 0.267 e. The number of hydrogen-bond acceptors (Lipinski definition) is 4. The van der Waals surface area contributed by atoms with Gasteiger partial charge in [0.1, 0.15) is 4.32 Å². The molecule has 2 amide bonds. The minimum Gasteiger partial charge on any atom is -0.308 e. The van der Waals surface area contributed by atoms with Crippen LogP contribution in [0.15, 0.2) is 27.6 Å². The summed E-state index contributed by atoms with van der Waals surface area (Å²) >= 11 is 10.3. The van der Waals surface area contributed by atoms with E-state index >= 15 is 0 Å². The molecule has 1 aromatic rings. The molecule has 30 heavy (non-hydrogen) atoms. The van der Waals surface area contributed by atoms with E-state index < -0.39 is 0 Å². The monoisotopic (exact) mass is 508 g/mol. The molecule has 0 spiro atoms. The first-order valence-electron chi connectivity index (χ1n) is 10.9. The van der Waals surface area contributed by atoms with Crippen molar-refractivity contribution in [2.75, 3.05) is 18.0 Å². The Morgan fingerprint density at radius 3 is 2.30 bits per heavy atom. The average Bonchev–Trinajstić information content (AvgIpc) is 3.15. The van der Waals surface area contributed by atoms with Gasteiger partial charge in [0.15, 0.2) is 0 Å². The summed E-state index contributed by atoms with van der Waals surface area (Å²) in [7, 11) is 0. The molecule has 2 heterocycles. The molecule has 4 nitrogen and oxygen atoms in total. The molecule has 0 saturated carbocycles. The van der Waals surface area contributed by atoms with Crippen LogP contribution in [0.1, 0.15) is 70.8 Å². The lowest BCUT2D eigenvalue weighted by molar-refractivity contribution is -0.122. The SMILES string of the molecule is CCCCCCCCN1C(=O)/C(=C2/C(=O)N(CCCC)c3ccc(Br)cc32)SC1=S. The van der Waals surface area contributed by atoms with Gasteiger partial charge in [-0.25, -0.2) is 0 Å². The van der Waals surface area contributed by atoms with Gasteiger partial charge in [-0.2, -0.15) is 0 Å². The standard InChI is InChI=1S/C23H29BrN2O2S2/c1-3-5-7-8-9-10-14-26-22(28)20(30-23(26)29)19-17-15-16(24)11-12-18(17)25(21(19)27)13-6-4-2/h11-12,15H,3-10,13-14H2,1-2H3/b20-19-. The van der Waals surface area contributed by atoms with Crippen LogP contribution in [0.5, 0.6) is 0 Å². The van der Waals surface area contributed by atoms with Gasteiger partial charge in [0.25, 0.3) is 11.8 Å². The van der Waals surface area contributed by atoms with Crippen LogP contribution < -0.4 is 4.90 Å². The summed E-state index contributed by atoms with van der Waals surface area (Å²) in [6, 6.07) is 5.84. The zero-order valence-electron chi connectivity index (χ0n) is 17.7. The summed E-state index contributed by atoms with van der Waals surface area (Å²) in [6.07, 6.45) is 8.89. The minimum absolute atomic E-state index is 0.0865. The number of carbonyl (C=O) groups is 2. The van der Waals surface area contributed by atoms with E-state index in [2.05, 4.69) is 29.8 Å². The van der Waals surface area contributed by atoms with E-state index in [0.29, 0.717) is 27.9 Å². The van der Waals surface area contributed by atoms with Crippen LogP contribution in [-0.2, 0) is 9.59 Å². The maximum absolute atomic E-state index is 13.3. The molecule has 162 valence electrons. The fourth-order valence-electron chi connectivity index (χ4n) is 3.85. The minimum atomic E-state index is -0.120. The third-order valence-electron chi connectivity index (χ3n) is 5.52. The highest BCUT2D eigenvalue weighted by Crippen LogP contribution is 2.45. The van der Waals surface area contributed by atoms with Crippen molar-refractivity contribution in [3.05, 3.63) is 33.1 Å². The zero-order valence-corrected chi connectivity index (χ0v) is 20.9. The molecule has 1 aromatic carbocycles. The number of anilines is 1. The molecular weight excluding hydrogens is 480 g/mol. The van der Waals surface area contributed by atoms with Crippen LogP contribution in [0.2, 0.25) is 0 Å². The van der Waals surface area contributed by atoms with E-state index in [1.54, 1.807) is 9.80 Å². The quantitative estimate of drug-likeness (QED) is 0.204. The lowest BCUT2D eigenvalue weighted by Gasteiger charge is -2.16. The van der Waals surface area contributed by atoms with Gasteiger partial charge in [-0.3, -0.25) is 14.5 Å². The molecule has 1 saturated heterocycles. The predicted molar refractivity (Wildman–Crippen MR) is 134 cm³/mol. The van der Waals surface area contributed by atoms with Crippen molar-refractivity contribution >= 4 is 67.3 Å². The first kappa shape index (κ1) is 23.5. The van der Waals surface area contributed by atoms with Crippen molar-refractivity contribution < 1.29 is 9.59 Å². The van der Waals surface area contributed by atoms with Crippen LogP contribution in [0, 0.1) is 0 Å². The van der Waals surface area contributed by atoms with Gasteiger partial charge >= 0.3 is 0 Å². The number of rotatable bonds is 10. The summed E-state index contributed by atoms with van der Waals surface area (Å²) in [5, 5.41) is 0. The number of amides is 2. The normalized spacial score (nSPS) is 18.7. The van der Waals surface area contributed by atoms with Crippen molar-refractivity contribution in [1.82, 2.24) is 4.90 Å². The number of thioether (sulfide) groups is 1. The van der Waals surface area contributed by atoms with Crippen molar-refractivity contribution in [3.8, 4) is 0 Å². The summed E-state index contributed by atoms with van der Waals surface area (Å²) in [4.78, 5) is 30.5. The maximum atomic E-state index is 13.3. The van der Waals surface area contributed by atoms with Gasteiger partial charge < -0.3 is 4.90 Å². The molecule has 1 fully saturated rings. The molecule has 7 heteroatoms. The molecule has 0 N–H and O–H groups in total. The number of benzene rings is 1. The summed E-state index contributed by atoms with van der Waals surface area (Å²) in [5.74, 6) is -0.207. The van der Waals surface area contributed by atoms with E-state index in [1.165, 1.54) is 37.4 Å². The lowest BCUT2D eigenvalue weighted by atomic mass is 10.1. The Hall–Kier alpha value is -1.18. The summed E-state index contributed by atoms with van der Waals surface area (Å²) < 4.78 is 1.46. The topological polar surface area (TPSA) is 40.6 Å². The number of halogens is 1. The number of unbranched alkanes of at least 4 members (excludes halogenated alkanes) is 6. The van der Waals surface area contributed by atoms with Gasteiger partial charge in [0.2, 0.25) is 0 Å². The smallest absolute Gasteiger partial charge is 0.267 e. The van der Waals surface area contributed by atoms with Crippen molar-refractivity contribution in [1.29, 1.82) is 0 Å². The molecule has 0 radical (unpaired) electrons. The molecule has 0 bridgehead atoms. The molecule has 3 rings (SSSR count). The van der Waals surface area contributed by atoms with E-state index in [0.717, 1.165) is 41.4 Å². The summed E-state index contributed by atoms with van der Waals surface area (Å²) in [5.41, 5.74) is 2.21. The second-order valence-electron chi connectivity index (χ2n) is 7.77. The Bertz CT molecular complexity index is 869. The number of carbonyl (C=O) groups excluding carboxylic acids is 2. The Morgan fingerprint density at radius 1 is 0.900 bits per heavy atom. The Kier molecular flexibility index (Phi) is 8.54. The molecular formula is C23H29BrN2O2S2. The van der Waals surface area contributed by atoms with Gasteiger partial charge in [-0.15, -0.1) is 0 Å². The third kappa shape index (κ3) is 5.00. The van der Waals surface area contributed by atoms with Crippen molar-refractivity contribution in [2.45, 2.75) is 65.2 Å². The van der Waals surface area contributed by atoms with Crippen LogP contribution in [0.25, 0.3) is 5.57 Å². The molecule has 0 unspecified atom stereocenters. The number of nitrogens with zero attached hydrogens (tertiary/aromatic N) is 2. The van der Waals surface area contributed by atoms with E-state index in [1.807, 2.05) is 18.2 Å². The van der Waals surface area contributed by atoms with E-state index in [-0.39, 0.29) is 11.8 Å². The Morgan fingerprint density at radius 2 is 1.57 bits per heavy atom.